The van der Waals surface area contributed by atoms with E-state index in [1.807, 2.05) is 22.7 Å². The van der Waals surface area contributed by atoms with Crippen molar-refractivity contribution in [2.75, 3.05) is 52.3 Å². The third-order valence-electron chi connectivity index (χ3n) is 5.77. The molecule has 7 nitrogen and oxygen atoms in total. The number of carbonyl (C=O) groups excluding carboxylic acids is 1. The summed E-state index contributed by atoms with van der Waals surface area (Å²) in [5.74, 6) is 1.40. The maximum atomic E-state index is 12.6. The maximum absolute atomic E-state index is 12.6. The number of piperidine rings is 1. The predicted molar refractivity (Wildman–Crippen MR) is 102 cm³/mol. The zero-order valence-corrected chi connectivity index (χ0v) is 16.2. The Hall–Kier alpha value is -1.60. The van der Waals surface area contributed by atoms with Gasteiger partial charge in [-0.3, -0.25) is 5.32 Å². The number of methoxy groups -OCH3 is 1. The average Bonchev–Trinajstić information content (AvgIpc) is 3.32. The monoisotopic (exact) mass is 363 g/mol. The zero-order valence-electron chi connectivity index (χ0n) is 16.2. The number of aromatic nitrogens is 2. The fraction of sp³-hybridized carbons (Fsp3) is 0.789. The number of urea groups is 1. The number of nitrogens with zero attached hydrogens (tertiary/aromatic N) is 4. The highest BCUT2D eigenvalue weighted by atomic mass is 16.5. The first-order chi connectivity index (χ1) is 12.7. The minimum Gasteiger partial charge on any atom is -0.383 e. The Morgan fingerprint density at radius 2 is 2.04 bits per heavy atom. The second-order valence-electron chi connectivity index (χ2n) is 7.69. The van der Waals surface area contributed by atoms with Gasteiger partial charge in [0.05, 0.1) is 18.8 Å². The van der Waals surface area contributed by atoms with E-state index < -0.39 is 0 Å². The van der Waals surface area contributed by atoms with Gasteiger partial charge in [0, 0.05) is 33.3 Å². The van der Waals surface area contributed by atoms with Crippen LogP contribution < -0.4 is 5.32 Å². The molecule has 7 heteroatoms. The molecule has 26 heavy (non-hydrogen) atoms. The molecule has 2 aliphatic rings. The Labute approximate surface area is 156 Å². The van der Waals surface area contributed by atoms with E-state index in [1.165, 1.54) is 12.8 Å². The normalized spacial score (nSPS) is 19.8. The van der Waals surface area contributed by atoms with Gasteiger partial charge in [-0.25, -0.2) is 9.48 Å². The summed E-state index contributed by atoms with van der Waals surface area (Å²) in [5.41, 5.74) is 0. The van der Waals surface area contributed by atoms with Gasteiger partial charge in [-0.05, 0) is 44.7 Å². The van der Waals surface area contributed by atoms with Crippen LogP contribution in [0.4, 0.5) is 10.6 Å². The lowest BCUT2D eigenvalue weighted by Crippen LogP contribution is -2.41. The highest BCUT2D eigenvalue weighted by molar-refractivity contribution is 5.88. The van der Waals surface area contributed by atoms with Crippen molar-refractivity contribution >= 4 is 11.8 Å². The van der Waals surface area contributed by atoms with E-state index in [4.69, 9.17) is 4.74 Å². The van der Waals surface area contributed by atoms with E-state index in [-0.39, 0.29) is 6.03 Å². The Balaban J connectivity index is 1.45. The molecule has 146 valence electrons. The molecule has 0 atom stereocenters. The van der Waals surface area contributed by atoms with Crippen molar-refractivity contribution in [3.63, 3.8) is 0 Å². The molecule has 1 N–H and O–H groups in total. The average molecular weight is 364 g/mol. The van der Waals surface area contributed by atoms with Crippen LogP contribution in [-0.2, 0) is 4.74 Å². The van der Waals surface area contributed by atoms with E-state index in [0.717, 1.165) is 64.3 Å². The lowest BCUT2D eigenvalue weighted by Gasteiger charge is -2.33. The molecule has 2 fully saturated rings. The van der Waals surface area contributed by atoms with Crippen molar-refractivity contribution in [3.8, 4) is 0 Å². The van der Waals surface area contributed by atoms with E-state index in [0.29, 0.717) is 12.0 Å². The summed E-state index contributed by atoms with van der Waals surface area (Å²) < 4.78 is 7.15. The summed E-state index contributed by atoms with van der Waals surface area (Å²) in [6.07, 6.45) is 8.87. The number of ether oxygens (including phenoxy) is 1. The second kappa shape index (κ2) is 9.37. The van der Waals surface area contributed by atoms with E-state index >= 15 is 0 Å². The van der Waals surface area contributed by atoms with Gasteiger partial charge in [0.2, 0.25) is 0 Å². The molecule has 2 heterocycles. The number of carbonyl (C=O) groups is 1. The third kappa shape index (κ3) is 4.98. The largest absolute Gasteiger partial charge is 0.383 e. The lowest BCUT2D eigenvalue weighted by molar-refractivity contribution is 0.113. The molecule has 1 aromatic heterocycles. The zero-order chi connectivity index (χ0) is 18.4. The summed E-state index contributed by atoms with van der Waals surface area (Å²) in [4.78, 5) is 16.9. The van der Waals surface area contributed by atoms with Gasteiger partial charge >= 0.3 is 6.03 Å². The first-order valence-electron chi connectivity index (χ1n) is 9.94. The number of amides is 2. The number of rotatable bonds is 7. The van der Waals surface area contributed by atoms with Crippen LogP contribution in [0.2, 0.25) is 0 Å². The SMILES string of the molecule is COCCN1CCC(CN(C)C(=O)Nc2ccnn2C2CCCC2)CC1. The van der Waals surface area contributed by atoms with E-state index in [2.05, 4.69) is 15.3 Å². The Morgan fingerprint density at radius 3 is 2.73 bits per heavy atom. The van der Waals surface area contributed by atoms with Gasteiger partial charge in [-0.2, -0.15) is 5.10 Å². The highest BCUT2D eigenvalue weighted by Gasteiger charge is 2.24. The van der Waals surface area contributed by atoms with Gasteiger partial charge in [-0.15, -0.1) is 0 Å². The summed E-state index contributed by atoms with van der Waals surface area (Å²) in [5, 5.41) is 7.48. The predicted octanol–water partition coefficient (Wildman–Crippen LogP) is 2.82. The van der Waals surface area contributed by atoms with Crippen LogP contribution in [0.15, 0.2) is 12.3 Å². The molecular formula is C19H33N5O2. The van der Waals surface area contributed by atoms with E-state index in [9.17, 15) is 4.79 Å². The van der Waals surface area contributed by atoms with E-state index in [1.54, 1.807) is 13.3 Å². The van der Waals surface area contributed by atoms with Crippen LogP contribution in [0.5, 0.6) is 0 Å². The molecule has 0 unspecified atom stereocenters. The standard InChI is InChI=1S/C19H33N5O2/c1-22(15-16-8-11-23(12-9-16)13-14-26-2)19(25)21-18-7-10-20-24(18)17-5-3-4-6-17/h7,10,16-17H,3-6,8-9,11-15H2,1-2H3,(H,21,25). The molecule has 0 aromatic carbocycles. The van der Waals surface area contributed by atoms with Gasteiger partial charge < -0.3 is 14.5 Å². The molecule has 2 amide bonds. The topological polar surface area (TPSA) is 62.6 Å². The molecule has 0 radical (unpaired) electrons. The van der Waals surface area contributed by atoms with Crippen molar-refractivity contribution < 1.29 is 9.53 Å². The highest BCUT2D eigenvalue weighted by Crippen LogP contribution is 2.31. The fourth-order valence-corrected chi connectivity index (χ4v) is 4.14. The quantitative estimate of drug-likeness (QED) is 0.809. The number of likely N-dealkylation sites (tertiary alicyclic amines) is 1. The van der Waals surface area contributed by atoms with Crippen molar-refractivity contribution in [1.82, 2.24) is 19.6 Å². The molecule has 0 spiro atoms. The molecule has 1 saturated heterocycles. The molecule has 1 aliphatic carbocycles. The minimum atomic E-state index is -0.0356. The van der Waals surface area contributed by atoms with Gasteiger partial charge in [0.15, 0.2) is 0 Å². The third-order valence-corrected chi connectivity index (χ3v) is 5.77. The number of hydrogen-bond donors (Lipinski definition) is 1. The number of hydrogen-bond acceptors (Lipinski definition) is 4. The van der Waals surface area contributed by atoms with Gasteiger partial charge in [-0.1, -0.05) is 12.8 Å². The molecule has 1 aromatic rings. The van der Waals surface area contributed by atoms with Crippen molar-refractivity contribution in [2.24, 2.45) is 5.92 Å². The van der Waals surface area contributed by atoms with Crippen molar-refractivity contribution in [2.45, 2.75) is 44.6 Å². The van der Waals surface area contributed by atoms with Crippen molar-refractivity contribution in [1.29, 1.82) is 0 Å². The summed E-state index contributed by atoms with van der Waals surface area (Å²) >= 11 is 0. The van der Waals surface area contributed by atoms with Gasteiger partial charge in [0.1, 0.15) is 5.82 Å². The number of nitrogens with one attached hydrogen (secondary N) is 1. The fourth-order valence-electron chi connectivity index (χ4n) is 4.14. The van der Waals surface area contributed by atoms with Crippen molar-refractivity contribution in [3.05, 3.63) is 12.3 Å². The second-order valence-corrected chi connectivity index (χ2v) is 7.69. The maximum Gasteiger partial charge on any atom is 0.322 e. The Bertz CT molecular complexity index is 562. The molecule has 1 aliphatic heterocycles. The summed E-state index contributed by atoms with van der Waals surface area (Å²) in [6.45, 7) is 4.80. The Kier molecular flexibility index (Phi) is 6.91. The summed E-state index contributed by atoms with van der Waals surface area (Å²) in [6, 6.07) is 2.30. The smallest absolute Gasteiger partial charge is 0.322 e. The minimum absolute atomic E-state index is 0.0356. The first-order valence-corrected chi connectivity index (χ1v) is 9.94. The van der Waals surface area contributed by atoms with Crippen LogP contribution in [0.3, 0.4) is 0 Å². The molecule has 1 saturated carbocycles. The molecular weight excluding hydrogens is 330 g/mol. The first kappa shape index (κ1) is 19.2. The van der Waals surface area contributed by atoms with Gasteiger partial charge in [0.25, 0.3) is 0 Å². The summed E-state index contributed by atoms with van der Waals surface area (Å²) in [7, 11) is 3.64. The van der Waals surface area contributed by atoms with Crippen LogP contribution in [0.25, 0.3) is 0 Å². The van der Waals surface area contributed by atoms with Crippen LogP contribution in [0, 0.1) is 5.92 Å². The van der Waals surface area contributed by atoms with Crippen LogP contribution >= 0.6 is 0 Å². The van der Waals surface area contributed by atoms with Crippen LogP contribution in [-0.4, -0.2) is 72.6 Å². The molecule has 3 rings (SSSR count). The van der Waals surface area contributed by atoms with Crippen LogP contribution in [0.1, 0.15) is 44.6 Å². The Morgan fingerprint density at radius 1 is 1.31 bits per heavy atom. The molecule has 0 bridgehead atoms. The number of anilines is 1. The lowest BCUT2D eigenvalue weighted by atomic mass is 9.96.